The number of carboxylic acid groups (broad SMARTS) is 2. The van der Waals surface area contributed by atoms with Crippen molar-refractivity contribution in [1.82, 2.24) is 0 Å². The average Bonchev–Trinajstić information content (AvgIpc) is 2.12. The maximum atomic E-state index is 10.1. The quantitative estimate of drug-likeness (QED) is 0.284. The van der Waals surface area contributed by atoms with Gasteiger partial charge in [0.2, 0.25) is 0 Å². The number of hydrogen-bond donors (Lipinski definition) is 6. The van der Waals surface area contributed by atoms with Crippen molar-refractivity contribution in [1.29, 1.82) is 0 Å². The van der Waals surface area contributed by atoms with Crippen LogP contribution in [0.25, 0.3) is 0 Å². The van der Waals surface area contributed by atoms with E-state index in [4.69, 9.17) is 30.6 Å². The van der Waals surface area contributed by atoms with Gasteiger partial charge in [0.1, 0.15) is 12.2 Å². The molecule has 84 valence electrons. The van der Waals surface area contributed by atoms with Crippen LogP contribution < -0.4 is 0 Å². The van der Waals surface area contributed by atoms with E-state index in [2.05, 4.69) is 0 Å². The largest absolute Gasteiger partial charge is 0.479 e. The number of carbonyl (C=O) groups is 2. The molecule has 0 saturated carbocycles. The molecule has 0 fully saturated rings. The molecule has 0 spiro atoms. The molecule has 0 bridgehead atoms. The summed E-state index contributed by atoms with van der Waals surface area (Å²) < 4.78 is 0. The Morgan fingerprint density at radius 1 is 0.733 bits per heavy atom. The van der Waals surface area contributed by atoms with Crippen molar-refractivity contribution in [3.8, 4) is 0 Å². The summed E-state index contributed by atoms with van der Waals surface area (Å²) in [5.74, 6) is -3.68. The second kappa shape index (κ2) is 6.81. The Morgan fingerprint density at radius 2 is 0.933 bits per heavy atom. The summed E-state index contributed by atoms with van der Waals surface area (Å²) in [6.07, 6.45) is -9.28. The molecule has 0 aliphatic carbocycles. The minimum absolute atomic E-state index is 0. The Balaban J connectivity index is 0. The predicted molar refractivity (Wildman–Crippen MR) is 39.3 cm³/mol. The van der Waals surface area contributed by atoms with Crippen molar-refractivity contribution in [2.24, 2.45) is 0 Å². The zero-order chi connectivity index (χ0) is 11.5. The molecular formula is C6H10O8Zn. The SMILES string of the molecule is O=C(O)[C@@H](O)[C@@H](O)[C@@H](O)[C@@H](O)C(=O)O.[Zn]. The Hall–Kier alpha value is -0.597. The normalized spacial score (nSPS) is 18.1. The molecule has 6 N–H and O–H groups in total. The van der Waals surface area contributed by atoms with Crippen molar-refractivity contribution in [3.05, 3.63) is 0 Å². The first-order valence-electron chi connectivity index (χ1n) is 3.47. The molecule has 8 nitrogen and oxygen atoms in total. The van der Waals surface area contributed by atoms with Crippen molar-refractivity contribution >= 4 is 11.9 Å². The molecule has 4 atom stereocenters. The number of rotatable bonds is 5. The molecule has 0 aromatic carbocycles. The van der Waals surface area contributed by atoms with Gasteiger partial charge in [-0.15, -0.1) is 0 Å². The fourth-order valence-corrected chi connectivity index (χ4v) is 0.666. The monoisotopic (exact) mass is 274 g/mol. The van der Waals surface area contributed by atoms with Gasteiger partial charge in [0, 0.05) is 19.5 Å². The van der Waals surface area contributed by atoms with Gasteiger partial charge in [0.05, 0.1) is 0 Å². The van der Waals surface area contributed by atoms with E-state index in [0.717, 1.165) is 0 Å². The summed E-state index contributed by atoms with van der Waals surface area (Å²) in [6.45, 7) is 0. The van der Waals surface area contributed by atoms with Crippen LogP contribution in [0, 0.1) is 0 Å². The van der Waals surface area contributed by atoms with Crippen LogP contribution in [0.1, 0.15) is 0 Å². The fraction of sp³-hybridized carbons (Fsp3) is 0.667. The molecule has 0 radical (unpaired) electrons. The average molecular weight is 276 g/mol. The molecule has 0 aromatic rings. The van der Waals surface area contributed by atoms with Gasteiger partial charge in [-0.1, -0.05) is 0 Å². The zero-order valence-corrected chi connectivity index (χ0v) is 10.5. The maximum Gasteiger partial charge on any atom is 0.335 e. The Bertz CT molecular complexity index is 207. The maximum absolute atomic E-state index is 10.1. The molecule has 0 heterocycles. The van der Waals surface area contributed by atoms with E-state index in [0.29, 0.717) is 0 Å². The van der Waals surface area contributed by atoms with Gasteiger partial charge in [-0.3, -0.25) is 0 Å². The van der Waals surface area contributed by atoms with Crippen LogP contribution in [-0.2, 0) is 29.1 Å². The van der Waals surface area contributed by atoms with E-state index in [1.54, 1.807) is 0 Å². The van der Waals surface area contributed by atoms with Crippen LogP contribution in [0.3, 0.4) is 0 Å². The summed E-state index contributed by atoms with van der Waals surface area (Å²) >= 11 is 0. The smallest absolute Gasteiger partial charge is 0.335 e. The Labute approximate surface area is 96.5 Å². The van der Waals surface area contributed by atoms with Gasteiger partial charge in [0.25, 0.3) is 0 Å². The minimum atomic E-state index is -2.36. The van der Waals surface area contributed by atoms with E-state index in [9.17, 15) is 9.59 Å². The van der Waals surface area contributed by atoms with Crippen molar-refractivity contribution in [3.63, 3.8) is 0 Å². The van der Waals surface area contributed by atoms with Gasteiger partial charge in [-0.25, -0.2) is 9.59 Å². The molecule has 0 aromatic heterocycles. The fourth-order valence-electron chi connectivity index (χ4n) is 0.666. The molecule has 0 rings (SSSR count). The van der Waals surface area contributed by atoms with Gasteiger partial charge in [-0.05, 0) is 0 Å². The summed E-state index contributed by atoms with van der Waals surface area (Å²) in [6, 6.07) is 0. The first-order chi connectivity index (χ1) is 6.29. The van der Waals surface area contributed by atoms with Crippen LogP contribution in [-0.4, -0.2) is 67.0 Å². The summed E-state index contributed by atoms with van der Waals surface area (Å²) in [5, 5.41) is 51.5. The summed E-state index contributed by atoms with van der Waals surface area (Å²) in [4.78, 5) is 20.2. The van der Waals surface area contributed by atoms with Crippen molar-refractivity contribution in [2.45, 2.75) is 24.4 Å². The van der Waals surface area contributed by atoms with Gasteiger partial charge >= 0.3 is 11.9 Å². The standard InChI is InChI=1S/C6H10O8.Zn/c7-1(3(9)5(11)12)2(8)4(10)6(13)14;/h1-4,7-10H,(H,11,12)(H,13,14);/t1-,2+,3-,4+;. The van der Waals surface area contributed by atoms with Crippen molar-refractivity contribution in [2.75, 3.05) is 0 Å². The third-order valence-corrected chi connectivity index (χ3v) is 1.50. The summed E-state index contributed by atoms with van der Waals surface area (Å²) in [5.41, 5.74) is 0. The second-order valence-corrected chi connectivity index (χ2v) is 2.55. The van der Waals surface area contributed by atoms with Crippen LogP contribution in [0.15, 0.2) is 0 Å². The molecular weight excluding hydrogens is 265 g/mol. The number of aliphatic hydroxyl groups excluding tert-OH is 4. The predicted octanol–water partition coefficient (Wildman–Crippen LogP) is -3.40. The van der Waals surface area contributed by atoms with E-state index >= 15 is 0 Å². The molecule has 9 heteroatoms. The van der Waals surface area contributed by atoms with Crippen LogP contribution in [0.2, 0.25) is 0 Å². The van der Waals surface area contributed by atoms with Gasteiger partial charge in [-0.2, -0.15) is 0 Å². The van der Waals surface area contributed by atoms with Gasteiger partial charge in [0.15, 0.2) is 12.2 Å². The summed E-state index contributed by atoms with van der Waals surface area (Å²) in [7, 11) is 0. The molecule has 0 saturated heterocycles. The first-order valence-corrected chi connectivity index (χ1v) is 3.47. The van der Waals surface area contributed by atoms with E-state index in [1.807, 2.05) is 0 Å². The number of hydrogen-bond acceptors (Lipinski definition) is 6. The zero-order valence-electron chi connectivity index (χ0n) is 7.52. The van der Waals surface area contributed by atoms with Crippen LogP contribution in [0.5, 0.6) is 0 Å². The van der Waals surface area contributed by atoms with E-state index < -0.39 is 36.4 Å². The third-order valence-electron chi connectivity index (χ3n) is 1.50. The molecule has 0 aliphatic heterocycles. The molecule has 0 unspecified atom stereocenters. The number of carboxylic acids is 2. The number of aliphatic carboxylic acids is 2. The first kappa shape index (κ1) is 16.8. The Morgan fingerprint density at radius 3 is 1.07 bits per heavy atom. The van der Waals surface area contributed by atoms with E-state index in [1.165, 1.54) is 0 Å². The van der Waals surface area contributed by atoms with E-state index in [-0.39, 0.29) is 19.5 Å². The van der Waals surface area contributed by atoms with Crippen LogP contribution in [0.4, 0.5) is 0 Å². The minimum Gasteiger partial charge on any atom is -0.479 e. The topological polar surface area (TPSA) is 156 Å². The molecule has 15 heavy (non-hydrogen) atoms. The third kappa shape index (κ3) is 4.63. The van der Waals surface area contributed by atoms with Gasteiger partial charge < -0.3 is 30.6 Å². The Kier molecular flexibility index (Phi) is 7.63. The number of aliphatic hydroxyl groups is 4. The molecule has 0 aliphatic rings. The molecule has 0 amide bonds. The second-order valence-electron chi connectivity index (χ2n) is 2.55. The van der Waals surface area contributed by atoms with Crippen LogP contribution >= 0.6 is 0 Å². The van der Waals surface area contributed by atoms with Crippen molar-refractivity contribution < 1.29 is 59.7 Å².